The molecule has 0 N–H and O–H groups in total. The fraction of sp³-hybridized carbons (Fsp3) is 0.357. The maximum absolute atomic E-state index is 12.1. The Kier molecular flexibility index (Phi) is 4.17. The van der Waals surface area contributed by atoms with E-state index in [1.165, 1.54) is 11.3 Å². The van der Waals surface area contributed by atoms with Gasteiger partial charge in [0.05, 0.1) is 20.5 Å². The number of ether oxygens (including phenoxy) is 1. The molecular weight excluding hydrogens is 328 g/mol. The summed E-state index contributed by atoms with van der Waals surface area (Å²) in [6.07, 6.45) is -0.353. The summed E-state index contributed by atoms with van der Waals surface area (Å²) in [6.45, 7) is 3.69. The van der Waals surface area contributed by atoms with E-state index in [0.717, 1.165) is 10.4 Å². The summed E-state index contributed by atoms with van der Waals surface area (Å²) >= 11 is 7.29. The zero-order valence-electron chi connectivity index (χ0n) is 12.0. The molecule has 0 spiro atoms. The number of rotatable bonds is 4. The fourth-order valence-corrected chi connectivity index (χ4v) is 3.10. The van der Waals surface area contributed by atoms with E-state index in [1.54, 1.807) is 19.9 Å². The molecule has 2 aromatic rings. The van der Waals surface area contributed by atoms with E-state index in [9.17, 15) is 4.79 Å². The van der Waals surface area contributed by atoms with E-state index in [4.69, 9.17) is 25.7 Å². The summed E-state index contributed by atoms with van der Waals surface area (Å²) in [5.74, 6) is 0.184. The van der Waals surface area contributed by atoms with Crippen LogP contribution in [0.1, 0.15) is 28.3 Å². The van der Waals surface area contributed by atoms with Crippen molar-refractivity contribution in [1.82, 2.24) is 5.16 Å². The van der Waals surface area contributed by atoms with Gasteiger partial charge in [-0.05, 0) is 26.0 Å². The first kappa shape index (κ1) is 15.1. The minimum Gasteiger partial charge on any atom is -0.458 e. The van der Waals surface area contributed by atoms with Gasteiger partial charge in [-0.2, -0.15) is 0 Å². The molecule has 1 aliphatic heterocycles. The number of thiophene rings is 1. The molecule has 0 saturated carbocycles. The van der Waals surface area contributed by atoms with Gasteiger partial charge in [0.1, 0.15) is 18.1 Å². The summed E-state index contributed by atoms with van der Waals surface area (Å²) in [5, 5.41) is 7.75. The SMILES string of the molecule is Cc1noc(C)c1COC(=O)[C@@H]1CC(c2ccc(Cl)s2)=NO1. The quantitative estimate of drug-likeness (QED) is 0.799. The third kappa shape index (κ3) is 3.00. The lowest BCUT2D eigenvalue weighted by molar-refractivity contribution is -0.156. The second-order valence-corrected chi connectivity index (χ2v) is 6.57. The predicted molar refractivity (Wildman–Crippen MR) is 81.1 cm³/mol. The van der Waals surface area contributed by atoms with Crippen molar-refractivity contribution in [2.75, 3.05) is 0 Å². The van der Waals surface area contributed by atoms with Gasteiger partial charge >= 0.3 is 5.97 Å². The van der Waals surface area contributed by atoms with Crippen molar-refractivity contribution in [3.63, 3.8) is 0 Å². The summed E-state index contributed by atoms with van der Waals surface area (Å²) in [7, 11) is 0. The Bertz CT molecular complexity index is 718. The monoisotopic (exact) mass is 340 g/mol. The highest BCUT2D eigenvalue weighted by molar-refractivity contribution is 7.18. The third-order valence-corrected chi connectivity index (χ3v) is 4.61. The fourth-order valence-electron chi connectivity index (χ4n) is 2.06. The number of hydrogen-bond donors (Lipinski definition) is 0. The normalized spacial score (nSPS) is 17.2. The summed E-state index contributed by atoms with van der Waals surface area (Å²) in [6, 6.07) is 3.64. The van der Waals surface area contributed by atoms with Crippen LogP contribution in [0.3, 0.4) is 0 Å². The van der Waals surface area contributed by atoms with Gasteiger partial charge in [-0.3, -0.25) is 0 Å². The molecule has 1 aliphatic rings. The number of carbonyl (C=O) groups is 1. The first-order valence-electron chi connectivity index (χ1n) is 6.61. The molecule has 0 aromatic carbocycles. The van der Waals surface area contributed by atoms with Crippen LogP contribution in [0.2, 0.25) is 4.34 Å². The highest BCUT2D eigenvalue weighted by Crippen LogP contribution is 2.27. The highest BCUT2D eigenvalue weighted by atomic mass is 35.5. The van der Waals surface area contributed by atoms with Crippen molar-refractivity contribution in [3.8, 4) is 0 Å². The molecule has 6 nitrogen and oxygen atoms in total. The lowest BCUT2D eigenvalue weighted by atomic mass is 10.1. The molecule has 0 unspecified atom stereocenters. The predicted octanol–water partition coefficient (Wildman–Crippen LogP) is 3.24. The molecule has 1 atom stereocenters. The molecule has 116 valence electrons. The van der Waals surface area contributed by atoms with Crippen LogP contribution in [0.5, 0.6) is 0 Å². The van der Waals surface area contributed by atoms with Gasteiger partial charge in [-0.1, -0.05) is 21.9 Å². The molecule has 22 heavy (non-hydrogen) atoms. The number of aromatic nitrogens is 1. The maximum atomic E-state index is 12.1. The van der Waals surface area contributed by atoms with Gasteiger partial charge in [0.25, 0.3) is 0 Å². The van der Waals surface area contributed by atoms with E-state index in [2.05, 4.69) is 10.3 Å². The number of aryl methyl sites for hydroxylation is 2. The number of hydrogen-bond acceptors (Lipinski definition) is 7. The maximum Gasteiger partial charge on any atom is 0.350 e. The standard InChI is InChI=1S/C14H13ClN2O4S/c1-7-9(8(2)20-16-7)6-19-14(18)11-5-10(17-21-11)12-3-4-13(15)22-12/h3-4,11H,5-6H2,1-2H3/t11-/m0/s1. The van der Waals surface area contributed by atoms with Gasteiger partial charge in [0.15, 0.2) is 0 Å². The summed E-state index contributed by atoms with van der Waals surface area (Å²) in [4.78, 5) is 18.1. The van der Waals surface area contributed by atoms with E-state index in [0.29, 0.717) is 27.9 Å². The van der Waals surface area contributed by atoms with Crippen LogP contribution in [0.4, 0.5) is 0 Å². The van der Waals surface area contributed by atoms with Crippen molar-refractivity contribution >= 4 is 34.6 Å². The number of esters is 1. The van der Waals surface area contributed by atoms with Gasteiger partial charge in [0.2, 0.25) is 6.10 Å². The molecule has 3 rings (SSSR count). The van der Waals surface area contributed by atoms with Crippen LogP contribution in [0.25, 0.3) is 0 Å². The van der Waals surface area contributed by atoms with Crippen LogP contribution in [-0.2, 0) is 21.0 Å². The van der Waals surface area contributed by atoms with E-state index in [1.807, 2.05) is 6.07 Å². The molecule has 0 amide bonds. The molecule has 0 radical (unpaired) electrons. The molecule has 8 heteroatoms. The van der Waals surface area contributed by atoms with Crippen LogP contribution in [-0.4, -0.2) is 22.9 Å². The smallest absolute Gasteiger partial charge is 0.350 e. The summed E-state index contributed by atoms with van der Waals surface area (Å²) in [5.41, 5.74) is 2.19. The lowest BCUT2D eigenvalue weighted by Crippen LogP contribution is -2.23. The van der Waals surface area contributed by atoms with Crippen molar-refractivity contribution in [3.05, 3.63) is 38.4 Å². The Morgan fingerprint density at radius 1 is 1.50 bits per heavy atom. The minimum absolute atomic E-state index is 0.111. The van der Waals surface area contributed by atoms with Crippen molar-refractivity contribution in [2.24, 2.45) is 5.16 Å². The molecule has 0 fully saturated rings. The molecule has 0 aliphatic carbocycles. The van der Waals surface area contributed by atoms with Gasteiger partial charge in [0, 0.05) is 6.42 Å². The average Bonchev–Trinajstić information content (AvgIpc) is 3.19. The van der Waals surface area contributed by atoms with E-state index < -0.39 is 12.1 Å². The largest absolute Gasteiger partial charge is 0.458 e. The van der Waals surface area contributed by atoms with Gasteiger partial charge in [-0.15, -0.1) is 11.3 Å². The van der Waals surface area contributed by atoms with Crippen LogP contribution < -0.4 is 0 Å². The molecule has 3 heterocycles. The first-order valence-corrected chi connectivity index (χ1v) is 7.81. The zero-order valence-corrected chi connectivity index (χ0v) is 13.5. The van der Waals surface area contributed by atoms with Gasteiger partial charge < -0.3 is 14.1 Å². The summed E-state index contributed by atoms with van der Waals surface area (Å²) < 4.78 is 11.0. The lowest BCUT2D eigenvalue weighted by Gasteiger charge is -2.08. The number of halogens is 1. The zero-order chi connectivity index (χ0) is 15.7. The Labute approximate surface area is 135 Å². The minimum atomic E-state index is -0.726. The van der Waals surface area contributed by atoms with Crippen LogP contribution in [0.15, 0.2) is 21.8 Å². The van der Waals surface area contributed by atoms with Crippen molar-refractivity contribution in [1.29, 1.82) is 0 Å². The van der Waals surface area contributed by atoms with Crippen molar-refractivity contribution in [2.45, 2.75) is 33.0 Å². The Balaban J connectivity index is 1.57. The van der Waals surface area contributed by atoms with Crippen LogP contribution in [0, 0.1) is 13.8 Å². The Hall–Kier alpha value is -1.86. The van der Waals surface area contributed by atoms with Crippen molar-refractivity contribution < 1.29 is 18.9 Å². The van der Waals surface area contributed by atoms with Crippen LogP contribution >= 0.6 is 22.9 Å². The highest BCUT2D eigenvalue weighted by Gasteiger charge is 2.31. The number of oxime groups is 1. The topological polar surface area (TPSA) is 73.9 Å². The number of nitrogens with zero attached hydrogens (tertiary/aromatic N) is 2. The average molecular weight is 341 g/mol. The molecule has 0 bridgehead atoms. The first-order chi connectivity index (χ1) is 10.5. The Morgan fingerprint density at radius 2 is 2.32 bits per heavy atom. The third-order valence-electron chi connectivity index (χ3n) is 3.33. The molecule has 0 saturated heterocycles. The Morgan fingerprint density at radius 3 is 2.95 bits per heavy atom. The van der Waals surface area contributed by atoms with Gasteiger partial charge in [-0.25, -0.2) is 4.79 Å². The second kappa shape index (κ2) is 6.10. The van der Waals surface area contributed by atoms with E-state index >= 15 is 0 Å². The number of carbonyl (C=O) groups excluding carboxylic acids is 1. The van der Waals surface area contributed by atoms with E-state index in [-0.39, 0.29) is 6.61 Å². The molecular formula is C14H13ClN2O4S. The molecule has 2 aromatic heterocycles. The second-order valence-electron chi connectivity index (χ2n) is 4.85.